The number of carbonyl (C=O) groups excluding carboxylic acids is 2. The van der Waals surface area contributed by atoms with Gasteiger partial charge in [0, 0.05) is 17.7 Å². The molecule has 4 rings (SSSR count). The molecule has 2 N–H and O–H groups in total. The third-order valence-corrected chi connectivity index (χ3v) is 3.88. The molecule has 0 radical (unpaired) electrons. The van der Waals surface area contributed by atoms with E-state index >= 15 is 0 Å². The van der Waals surface area contributed by atoms with Crippen LogP contribution in [0.1, 0.15) is 16.8 Å². The average Bonchev–Trinajstić information content (AvgIpc) is 2.86. The Kier molecular flexibility index (Phi) is 3.89. The Hall–Kier alpha value is -3.22. The molecule has 0 fully saturated rings. The highest BCUT2D eigenvalue weighted by molar-refractivity contribution is 6.05. The van der Waals surface area contributed by atoms with Gasteiger partial charge in [0.1, 0.15) is 5.75 Å². The maximum atomic E-state index is 12.5. The van der Waals surface area contributed by atoms with Crippen molar-refractivity contribution in [1.82, 2.24) is 0 Å². The van der Waals surface area contributed by atoms with Crippen LogP contribution in [0.2, 0.25) is 0 Å². The maximum absolute atomic E-state index is 12.5. The lowest BCUT2D eigenvalue weighted by Crippen LogP contribution is -2.25. The van der Waals surface area contributed by atoms with Crippen LogP contribution < -0.4 is 24.8 Å². The highest BCUT2D eigenvalue weighted by Gasteiger charge is 2.18. The van der Waals surface area contributed by atoms with Crippen LogP contribution in [0, 0.1) is 0 Å². The molecule has 7 heteroatoms. The predicted octanol–water partition coefficient (Wildman–Crippen LogP) is 2.43. The fourth-order valence-electron chi connectivity index (χ4n) is 2.67. The summed E-state index contributed by atoms with van der Waals surface area (Å²) in [6.45, 7) is 1.15. The van der Waals surface area contributed by atoms with Gasteiger partial charge in [-0.05, 0) is 36.4 Å². The Balaban J connectivity index is 1.53. The molecule has 0 unspecified atom stereocenters. The van der Waals surface area contributed by atoms with Crippen molar-refractivity contribution < 1.29 is 23.8 Å². The standard InChI is InChI=1S/C18H16N2O5/c21-17-10-25-14-5-3-12(9-13(14)20-17)19-18(22)11-2-4-15-16(8-11)24-7-1-6-23-15/h2-5,8-9H,1,6-7,10H2,(H,19,22)(H,20,21). The molecule has 2 aromatic carbocycles. The summed E-state index contributed by atoms with van der Waals surface area (Å²) in [5, 5.41) is 5.51. The summed E-state index contributed by atoms with van der Waals surface area (Å²) in [4.78, 5) is 23.9. The number of amides is 2. The maximum Gasteiger partial charge on any atom is 0.262 e. The fourth-order valence-corrected chi connectivity index (χ4v) is 2.67. The first-order valence-electron chi connectivity index (χ1n) is 7.97. The zero-order chi connectivity index (χ0) is 17.2. The van der Waals surface area contributed by atoms with E-state index < -0.39 is 0 Å². The summed E-state index contributed by atoms with van der Waals surface area (Å²) in [6, 6.07) is 10.2. The van der Waals surface area contributed by atoms with Crippen molar-refractivity contribution >= 4 is 23.2 Å². The number of hydrogen-bond donors (Lipinski definition) is 2. The molecule has 25 heavy (non-hydrogen) atoms. The highest BCUT2D eigenvalue weighted by atomic mass is 16.5. The van der Waals surface area contributed by atoms with Crippen molar-refractivity contribution in [2.24, 2.45) is 0 Å². The highest BCUT2D eigenvalue weighted by Crippen LogP contribution is 2.32. The van der Waals surface area contributed by atoms with Gasteiger partial charge in [-0.2, -0.15) is 0 Å². The number of anilines is 2. The van der Waals surface area contributed by atoms with Gasteiger partial charge >= 0.3 is 0 Å². The topological polar surface area (TPSA) is 85.9 Å². The van der Waals surface area contributed by atoms with Crippen molar-refractivity contribution in [3.63, 3.8) is 0 Å². The smallest absolute Gasteiger partial charge is 0.262 e. The molecule has 0 atom stereocenters. The van der Waals surface area contributed by atoms with Gasteiger partial charge in [0.05, 0.1) is 18.9 Å². The van der Waals surface area contributed by atoms with Crippen molar-refractivity contribution in [1.29, 1.82) is 0 Å². The first kappa shape index (κ1) is 15.3. The van der Waals surface area contributed by atoms with E-state index in [1.54, 1.807) is 36.4 Å². The summed E-state index contributed by atoms with van der Waals surface area (Å²) >= 11 is 0. The Bertz CT molecular complexity index is 849. The van der Waals surface area contributed by atoms with Crippen LogP contribution in [-0.4, -0.2) is 31.6 Å². The second-order valence-corrected chi connectivity index (χ2v) is 5.71. The summed E-state index contributed by atoms with van der Waals surface area (Å²) < 4.78 is 16.5. The normalized spacial score (nSPS) is 15.3. The van der Waals surface area contributed by atoms with E-state index in [0.29, 0.717) is 47.4 Å². The van der Waals surface area contributed by atoms with Crippen LogP contribution in [0.4, 0.5) is 11.4 Å². The first-order valence-corrected chi connectivity index (χ1v) is 7.97. The number of fused-ring (bicyclic) bond motifs is 2. The van der Waals surface area contributed by atoms with Gasteiger partial charge in [-0.1, -0.05) is 0 Å². The molecule has 0 aliphatic carbocycles. The molecule has 0 bridgehead atoms. The van der Waals surface area contributed by atoms with Crippen LogP contribution in [0.25, 0.3) is 0 Å². The van der Waals surface area contributed by atoms with Crippen LogP contribution in [0.5, 0.6) is 17.2 Å². The number of carbonyl (C=O) groups is 2. The number of rotatable bonds is 2. The molecule has 7 nitrogen and oxygen atoms in total. The van der Waals surface area contributed by atoms with Crippen molar-refractivity contribution in [2.45, 2.75) is 6.42 Å². The van der Waals surface area contributed by atoms with E-state index in [9.17, 15) is 9.59 Å². The molecule has 0 saturated carbocycles. The van der Waals surface area contributed by atoms with Crippen LogP contribution >= 0.6 is 0 Å². The van der Waals surface area contributed by atoms with Crippen LogP contribution in [0.3, 0.4) is 0 Å². The number of benzene rings is 2. The number of ether oxygens (including phenoxy) is 3. The Morgan fingerprint density at radius 1 is 0.960 bits per heavy atom. The zero-order valence-corrected chi connectivity index (χ0v) is 13.3. The number of nitrogens with one attached hydrogen (secondary N) is 2. The van der Waals surface area contributed by atoms with Crippen LogP contribution in [0.15, 0.2) is 36.4 Å². The molecule has 2 amide bonds. The van der Waals surface area contributed by atoms with E-state index in [1.807, 2.05) is 0 Å². The van der Waals surface area contributed by atoms with E-state index in [1.165, 1.54) is 0 Å². The third kappa shape index (κ3) is 3.21. The molecule has 2 aliphatic heterocycles. The number of hydrogen-bond acceptors (Lipinski definition) is 5. The molecule has 0 saturated heterocycles. The minimum Gasteiger partial charge on any atom is -0.490 e. The van der Waals surface area contributed by atoms with E-state index in [-0.39, 0.29) is 18.4 Å². The minimum atomic E-state index is -0.279. The lowest BCUT2D eigenvalue weighted by Gasteiger charge is -2.18. The van der Waals surface area contributed by atoms with Crippen molar-refractivity contribution in [3.05, 3.63) is 42.0 Å². The van der Waals surface area contributed by atoms with Crippen molar-refractivity contribution in [3.8, 4) is 17.2 Å². The molecular formula is C18H16N2O5. The van der Waals surface area contributed by atoms with E-state index in [0.717, 1.165) is 6.42 Å². The summed E-state index contributed by atoms with van der Waals surface area (Å²) in [5.41, 5.74) is 1.55. The Morgan fingerprint density at radius 3 is 2.64 bits per heavy atom. The summed E-state index contributed by atoms with van der Waals surface area (Å²) in [6.07, 6.45) is 0.805. The lowest BCUT2D eigenvalue weighted by molar-refractivity contribution is -0.118. The van der Waals surface area contributed by atoms with Gasteiger partial charge in [0.2, 0.25) is 0 Å². The molecule has 2 aliphatic rings. The van der Waals surface area contributed by atoms with Gasteiger partial charge in [-0.25, -0.2) is 0 Å². The fraction of sp³-hybridized carbons (Fsp3) is 0.222. The summed E-state index contributed by atoms with van der Waals surface area (Å²) in [7, 11) is 0. The third-order valence-electron chi connectivity index (χ3n) is 3.88. The monoisotopic (exact) mass is 340 g/mol. The van der Waals surface area contributed by atoms with Gasteiger partial charge in [0.25, 0.3) is 11.8 Å². The molecule has 128 valence electrons. The van der Waals surface area contributed by atoms with Crippen LogP contribution in [-0.2, 0) is 4.79 Å². The van der Waals surface area contributed by atoms with Gasteiger partial charge < -0.3 is 24.8 Å². The first-order chi connectivity index (χ1) is 12.2. The molecule has 0 spiro atoms. The molecule has 2 aromatic rings. The average molecular weight is 340 g/mol. The largest absolute Gasteiger partial charge is 0.490 e. The second kappa shape index (κ2) is 6.35. The van der Waals surface area contributed by atoms with Gasteiger partial charge in [-0.15, -0.1) is 0 Å². The predicted molar refractivity (Wildman–Crippen MR) is 90.6 cm³/mol. The minimum absolute atomic E-state index is 0.00407. The molecular weight excluding hydrogens is 324 g/mol. The molecule has 0 aromatic heterocycles. The lowest BCUT2D eigenvalue weighted by atomic mass is 10.1. The summed E-state index contributed by atoms with van der Waals surface area (Å²) in [5.74, 6) is 1.28. The van der Waals surface area contributed by atoms with Crippen molar-refractivity contribution in [2.75, 3.05) is 30.5 Å². The second-order valence-electron chi connectivity index (χ2n) is 5.71. The Labute approximate surface area is 143 Å². The zero-order valence-electron chi connectivity index (χ0n) is 13.3. The SMILES string of the molecule is O=C1COc2ccc(NC(=O)c3ccc4c(c3)OCCCO4)cc2N1. The van der Waals surface area contributed by atoms with Gasteiger partial charge in [-0.3, -0.25) is 9.59 Å². The van der Waals surface area contributed by atoms with Gasteiger partial charge in [0.15, 0.2) is 18.1 Å². The molecule has 2 heterocycles. The van der Waals surface area contributed by atoms with E-state index in [2.05, 4.69) is 10.6 Å². The quantitative estimate of drug-likeness (QED) is 0.877. The van der Waals surface area contributed by atoms with E-state index in [4.69, 9.17) is 14.2 Å². The Morgan fingerprint density at radius 2 is 1.76 bits per heavy atom.